The fourth-order valence-electron chi connectivity index (χ4n) is 6.42. The fraction of sp³-hybridized carbons (Fsp3) is 0.581. The minimum atomic E-state index is -0.773. The van der Waals surface area contributed by atoms with Crippen LogP contribution >= 0.6 is 0 Å². The van der Waals surface area contributed by atoms with Gasteiger partial charge in [0.15, 0.2) is 5.78 Å². The summed E-state index contributed by atoms with van der Waals surface area (Å²) in [7, 11) is 3.78. The molecule has 0 amide bonds. The highest BCUT2D eigenvalue weighted by molar-refractivity contribution is 6.05. The molecular weight excluding hydrogens is 512 g/mol. The van der Waals surface area contributed by atoms with Crippen molar-refractivity contribution in [2.24, 2.45) is 17.8 Å². The van der Waals surface area contributed by atoms with Crippen molar-refractivity contribution in [3.05, 3.63) is 35.1 Å². The molecule has 0 spiro atoms. The van der Waals surface area contributed by atoms with Crippen LogP contribution in [0.2, 0.25) is 0 Å². The van der Waals surface area contributed by atoms with Crippen LogP contribution < -0.4 is 4.90 Å². The van der Waals surface area contributed by atoms with E-state index in [2.05, 4.69) is 4.90 Å². The van der Waals surface area contributed by atoms with Crippen molar-refractivity contribution in [3.8, 4) is 17.1 Å². The van der Waals surface area contributed by atoms with Crippen molar-refractivity contribution in [3.63, 3.8) is 0 Å². The number of carbonyl (C=O) groups excluding carboxylic acids is 3. The van der Waals surface area contributed by atoms with Crippen LogP contribution in [0.3, 0.4) is 0 Å². The highest BCUT2D eigenvalue weighted by atomic mass is 16.3. The van der Waals surface area contributed by atoms with E-state index in [0.717, 1.165) is 30.1 Å². The number of hydrogen-bond donors (Lipinski definition) is 3. The number of ketones is 3. The molecule has 0 saturated carbocycles. The average molecular weight is 555 g/mol. The Labute approximate surface area is 235 Å². The van der Waals surface area contributed by atoms with E-state index in [4.69, 9.17) is 4.42 Å². The molecule has 0 radical (unpaired) electrons. The third kappa shape index (κ3) is 6.65. The topological polar surface area (TPSA) is 132 Å². The number of phenols is 1. The largest absolute Gasteiger partial charge is 0.506 e. The Morgan fingerprint density at radius 3 is 2.50 bits per heavy atom. The Bertz CT molecular complexity index is 1230. The lowest BCUT2D eigenvalue weighted by molar-refractivity contribution is -0.131. The van der Waals surface area contributed by atoms with Gasteiger partial charge in [-0.1, -0.05) is 0 Å². The van der Waals surface area contributed by atoms with Crippen LogP contribution in [0.1, 0.15) is 67.1 Å². The SMILES string of the molecule is CC(=O)CC(=O)C(CO)C(CCO)CC1CC(=O)c2c(O)c(-c3ccc(CN4CCCC4)o3)cc(N(C)C)c2C1. The smallest absolute Gasteiger partial charge is 0.167 e. The summed E-state index contributed by atoms with van der Waals surface area (Å²) in [6, 6.07) is 5.63. The Balaban J connectivity index is 1.61. The first kappa shape index (κ1) is 30.0. The number of carbonyl (C=O) groups is 3. The Hall–Kier alpha value is -3.01. The van der Waals surface area contributed by atoms with Crippen molar-refractivity contribution >= 4 is 23.0 Å². The second-order valence-electron chi connectivity index (χ2n) is 11.6. The van der Waals surface area contributed by atoms with E-state index in [-0.39, 0.29) is 60.8 Å². The number of benzene rings is 1. The van der Waals surface area contributed by atoms with Crippen LogP contribution in [0.4, 0.5) is 5.69 Å². The second-order valence-corrected chi connectivity index (χ2v) is 11.6. The zero-order chi connectivity index (χ0) is 29.0. The molecular formula is C31H42N2O7. The van der Waals surface area contributed by atoms with Crippen molar-refractivity contribution < 1.29 is 34.1 Å². The van der Waals surface area contributed by atoms with Gasteiger partial charge in [0.1, 0.15) is 28.8 Å². The van der Waals surface area contributed by atoms with Gasteiger partial charge >= 0.3 is 0 Å². The van der Waals surface area contributed by atoms with Gasteiger partial charge < -0.3 is 24.6 Å². The average Bonchev–Trinajstić information content (AvgIpc) is 3.56. The lowest BCUT2D eigenvalue weighted by Gasteiger charge is -2.33. The highest BCUT2D eigenvalue weighted by Crippen LogP contribution is 2.45. The fourth-order valence-corrected chi connectivity index (χ4v) is 6.42. The number of phenolic OH excluding ortho intramolecular Hbond substituents is 1. The van der Waals surface area contributed by atoms with Crippen LogP contribution in [0.5, 0.6) is 5.75 Å². The molecule has 218 valence electrons. The number of aromatic hydroxyl groups is 1. The standard InChI is InChI=1S/C31H42N2O7/c1-19(36)12-27(37)25(18-35)21(8-11-34)13-20-14-23-26(32(2)3)16-24(31(39)30(23)28(38)15-20)29-7-6-22(40-29)17-33-9-4-5-10-33/h6-7,16,20-21,25,34-35,39H,4-5,8-15,17-18H2,1-3H3. The molecule has 1 aromatic heterocycles. The van der Waals surface area contributed by atoms with E-state index in [1.807, 2.05) is 37.2 Å². The number of hydrogen-bond acceptors (Lipinski definition) is 9. The maximum atomic E-state index is 13.5. The van der Waals surface area contributed by atoms with E-state index in [0.29, 0.717) is 36.3 Å². The zero-order valence-electron chi connectivity index (χ0n) is 23.8. The molecule has 40 heavy (non-hydrogen) atoms. The van der Waals surface area contributed by atoms with Gasteiger partial charge in [0.25, 0.3) is 0 Å². The maximum Gasteiger partial charge on any atom is 0.167 e. The van der Waals surface area contributed by atoms with Gasteiger partial charge in [-0.25, -0.2) is 0 Å². The predicted molar refractivity (Wildman–Crippen MR) is 151 cm³/mol. The lowest BCUT2D eigenvalue weighted by atomic mass is 9.73. The monoisotopic (exact) mass is 554 g/mol. The van der Waals surface area contributed by atoms with Crippen molar-refractivity contribution in [2.75, 3.05) is 45.3 Å². The number of nitrogens with zero attached hydrogens (tertiary/aromatic N) is 2. The molecule has 9 heteroatoms. The summed E-state index contributed by atoms with van der Waals surface area (Å²) in [6.07, 6.45) is 3.52. The van der Waals surface area contributed by atoms with Crippen LogP contribution in [0, 0.1) is 17.8 Å². The molecule has 1 aromatic carbocycles. The maximum absolute atomic E-state index is 13.5. The van der Waals surface area contributed by atoms with Gasteiger partial charge in [-0.15, -0.1) is 0 Å². The van der Waals surface area contributed by atoms with Gasteiger partial charge in [-0.3, -0.25) is 19.3 Å². The van der Waals surface area contributed by atoms with E-state index >= 15 is 0 Å². The van der Waals surface area contributed by atoms with E-state index in [9.17, 15) is 29.7 Å². The summed E-state index contributed by atoms with van der Waals surface area (Å²) in [5.41, 5.74) is 2.34. The minimum absolute atomic E-state index is 0.0806. The molecule has 1 aliphatic carbocycles. The molecule has 3 atom stereocenters. The molecule has 0 bridgehead atoms. The van der Waals surface area contributed by atoms with Crippen LogP contribution in [-0.2, 0) is 22.6 Å². The van der Waals surface area contributed by atoms with Gasteiger partial charge in [0.05, 0.1) is 30.7 Å². The first-order chi connectivity index (χ1) is 19.1. The third-order valence-corrected chi connectivity index (χ3v) is 8.36. The first-order valence-electron chi connectivity index (χ1n) is 14.3. The molecule has 2 aliphatic rings. The quantitative estimate of drug-likeness (QED) is 0.318. The number of aliphatic hydroxyl groups is 2. The molecule has 4 rings (SSSR count). The Morgan fingerprint density at radius 1 is 1.15 bits per heavy atom. The summed E-state index contributed by atoms with van der Waals surface area (Å²) in [5, 5.41) is 31.0. The summed E-state index contributed by atoms with van der Waals surface area (Å²) < 4.78 is 6.13. The van der Waals surface area contributed by atoms with Gasteiger partial charge in [-0.05, 0) is 87.7 Å². The third-order valence-electron chi connectivity index (χ3n) is 8.36. The van der Waals surface area contributed by atoms with Crippen LogP contribution in [0.25, 0.3) is 11.3 Å². The predicted octanol–water partition coefficient (Wildman–Crippen LogP) is 3.60. The summed E-state index contributed by atoms with van der Waals surface area (Å²) in [4.78, 5) is 42.0. The number of rotatable bonds is 13. The molecule has 3 unspecified atom stereocenters. The molecule has 2 aromatic rings. The number of fused-ring (bicyclic) bond motifs is 1. The van der Waals surface area contributed by atoms with E-state index < -0.39 is 12.5 Å². The molecule has 1 aliphatic heterocycles. The number of anilines is 1. The Kier molecular flexibility index (Phi) is 9.81. The van der Waals surface area contributed by atoms with E-state index in [1.165, 1.54) is 19.8 Å². The summed E-state index contributed by atoms with van der Waals surface area (Å²) >= 11 is 0. The first-order valence-corrected chi connectivity index (χ1v) is 14.3. The summed E-state index contributed by atoms with van der Waals surface area (Å²) in [6.45, 7) is 3.56. The Morgan fingerprint density at radius 2 is 1.88 bits per heavy atom. The van der Waals surface area contributed by atoms with Crippen molar-refractivity contribution in [1.82, 2.24) is 4.90 Å². The number of Topliss-reactive ketones (excluding diaryl/α,β-unsaturated/α-hetero) is 3. The van der Waals surface area contributed by atoms with Crippen LogP contribution in [-0.4, -0.2) is 78.0 Å². The zero-order valence-corrected chi connectivity index (χ0v) is 23.8. The van der Waals surface area contributed by atoms with Crippen molar-refractivity contribution in [2.45, 2.75) is 58.4 Å². The summed E-state index contributed by atoms with van der Waals surface area (Å²) in [5.74, 6) is -0.817. The lowest BCUT2D eigenvalue weighted by Crippen LogP contribution is -2.33. The number of furan rings is 1. The second kappa shape index (κ2) is 13.1. The van der Waals surface area contributed by atoms with Crippen LogP contribution in [0.15, 0.2) is 22.6 Å². The molecule has 3 N–H and O–H groups in total. The molecule has 9 nitrogen and oxygen atoms in total. The normalized spacial score (nSPS) is 18.9. The molecule has 2 heterocycles. The minimum Gasteiger partial charge on any atom is -0.506 e. The van der Waals surface area contributed by atoms with Crippen molar-refractivity contribution in [1.29, 1.82) is 0 Å². The highest BCUT2D eigenvalue weighted by Gasteiger charge is 2.36. The van der Waals surface area contributed by atoms with E-state index in [1.54, 1.807) is 0 Å². The van der Waals surface area contributed by atoms with Gasteiger partial charge in [-0.2, -0.15) is 0 Å². The molecule has 1 saturated heterocycles. The van der Waals surface area contributed by atoms with Gasteiger partial charge in [0.2, 0.25) is 0 Å². The van der Waals surface area contributed by atoms with Gasteiger partial charge in [0, 0.05) is 38.7 Å². The molecule has 1 fully saturated rings. The number of aliphatic hydroxyl groups excluding tert-OH is 2. The number of likely N-dealkylation sites (tertiary alicyclic amines) is 1.